The van der Waals surface area contributed by atoms with E-state index in [4.69, 9.17) is 5.84 Å². The molecule has 0 spiro atoms. The van der Waals surface area contributed by atoms with Gasteiger partial charge in [-0.1, -0.05) is 54.1 Å². The summed E-state index contributed by atoms with van der Waals surface area (Å²) in [4.78, 5) is 0. The van der Waals surface area contributed by atoms with Crippen LogP contribution in [0.4, 0.5) is 0 Å². The molecule has 0 aromatic heterocycles. The van der Waals surface area contributed by atoms with E-state index in [9.17, 15) is 0 Å². The zero-order valence-electron chi connectivity index (χ0n) is 9.22. The maximum absolute atomic E-state index is 5.21. The van der Waals surface area contributed by atoms with Crippen LogP contribution in [0.5, 0.6) is 0 Å². The lowest BCUT2D eigenvalue weighted by molar-refractivity contribution is 1.26. The lowest BCUT2D eigenvalue weighted by Gasteiger charge is -2.06. The van der Waals surface area contributed by atoms with Crippen LogP contribution in [0.2, 0.25) is 0 Å². The lowest BCUT2D eigenvalue weighted by atomic mass is 9.99. The molecule has 2 N–H and O–H groups in total. The molecule has 80 valence electrons. The molecule has 0 saturated carbocycles. The predicted molar refractivity (Wildman–Crippen MR) is 68.4 cm³/mol. The van der Waals surface area contributed by atoms with Crippen LogP contribution >= 0.6 is 0 Å². The SMILES string of the molecule is Cc1cccc(-c2ccccc2C=NN)c1. The third kappa shape index (κ3) is 2.11. The van der Waals surface area contributed by atoms with Crippen LogP contribution in [0.3, 0.4) is 0 Å². The van der Waals surface area contributed by atoms with Crippen LogP contribution in [0, 0.1) is 6.92 Å². The number of nitrogens with two attached hydrogens (primary N) is 1. The molecule has 0 fully saturated rings. The smallest absolute Gasteiger partial charge is 0.0544 e. The highest BCUT2D eigenvalue weighted by molar-refractivity contribution is 5.90. The molecule has 2 heteroatoms. The Morgan fingerprint density at radius 2 is 1.88 bits per heavy atom. The van der Waals surface area contributed by atoms with Crippen LogP contribution in [0.15, 0.2) is 53.6 Å². The van der Waals surface area contributed by atoms with Gasteiger partial charge in [0.25, 0.3) is 0 Å². The van der Waals surface area contributed by atoms with E-state index in [0.29, 0.717) is 0 Å². The minimum Gasteiger partial charge on any atom is -0.323 e. The maximum Gasteiger partial charge on any atom is 0.0544 e. The molecular formula is C14H14N2. The van der Waals surface area contributed by atoms with E-state index in [-0.39, 0.29) is 0 Å². The summed E-state index contributed by atoms with van der Waals surface area (Å²) in [5.41, 5.74) is 4.63. The Labute approximate surface area is 95.4 Å². The van der Waals surface area contributed by atoms with Crippen LogP contribution in [0.1, 0.15) is 11.1 Å². The summed E-state index contributed by atoms with van der Waals surface area (Å²) < 4.78 is 0. The van der Waals surface area contributed by atoms with E-state index in [1.165, 1.54) is 11.1 Å². The van der Waals surface area contributed by atoms with Gasteiger partial charge in [0.15, 0.2) is 0 Å². The van der Waals surface area contributed by atoms with Crippen LogP contribution < -0.4 is 5.84 Å². The molecule has 0 aliphatic rings. The number of benzene rings is 2. The summed E-state index contributed by atoms with van der Waals surface area (Å²) in [5.74, 6) is 5.21. The Kier molecular flexibility index (Phi) is 3.01. The van der Waals surface area contributed by atoms with Crippen molar-refractivity contribution in [2.24, 2.45) is 10.9 Å². The molecule has 0 bridgehead atoms. The molecule has 2 aromatic carbocycles. The average Bonchev–Trinajstić information content (AvgIpc) is 2.30. The summed E-state index contributed by atoms with van der Waals surface area (Å²) in [6.07, 6.45) is 1.68. The highest BCUT2D eigenvalue weighted by Crippen LogP contribution is 2.23. The molecule has 16 heavy (non-hydrogen) atoms. The lowest BCUT2D eigenvalue weighted by Crippen LogP contribution is -1.90. The fourth-order valence-corrected chi connectivity index (χ4v) is 1.77. The topological polar surface area (TPSA) is 38.4 Å². The Hall–Kier alpha value is -2.09. The third-order valence-electron chi connectivity index (χ3n) is 2.50. The van der Waals surface area contributed by atoms with Gasteiger partial charge in [-0.25, -0.2) is 0 Å². The largest absolute Gasteiger partial charge is 0.323 e. The van der Waals surface area contributed by atoms with Gasteiger partial charge in [-0.2, -0.15) is 5.10 Å². The fourth-order valence-electron chi connectivity index (χ4n) is 1.77. The molecule has 0 atom stereocenters. The zero-order chi connectivity index (χ0) is 11.4. The van der Waals surface area contributed by atoms with Gasteiger partial charge in [0.2, 0.25) is 0 Å². The van der Waals surface area contributed by atoms with E-state index >= 15 is 0 Å². The number of hydrogen-bond acceptors (Lipinski definition) is 2. The minimum absolute atomic E-state index is 1.04. The van der Waals surface area contributed by atoms with Crippen molar-refractivity contribution in [3.8, 4) is 11.1 Å². The Bertz CT molecular complexity index is 516. The molecular weight excluding hydrogens is 196 g/mol. The second kappa shape index (κ2) is 4.62. The van der Waals surface area contributed by atoms with Crippen molar-refractivity contribution < 1.29 is 0 Å². The maximum atomic E-state index is 5.21. The quantitative estimate of drug-likeness (QED) is 0.462. The van der Waals surface area contributed by atoms with Crippen LogP contribution in [0.25, 0.3) is 11.1 Å². The number of hydrazone groups is 1. The monoisotopic (exact) mass is 210 g/mol. The second-order valence-electron chi connectivity index (χ2n) is 3.73. The van der Waals surface area contributed by atoms with Gasteiger partial charge in [-0.05, 0) is 18.1 Å². The van der Waals surface area contributed by atoms with E-state index in [0.717, 1.165) is 11.1 Å². The zero-order valence-corrected chi connectivity index (χ0v) is 9.22. The molecule has 2 aromatic rings. The van der Waals surface area contributed by atoms with E-state index < -0.39 is 0 Å². The molecule has 0 unspecified atom stereocenters. The van der Waals surface area contributed by atoms with Crippen molar-refractivity contribution >= 4 is 6.21 Å². The normalized spacial score (nSPS) is 10.8. The number of hydrogen-bond donors (Lipinski definition) is 1. The Balaban J connectivity index is 2.55. The van der Waals surface area contributed by atoms with Crippen molar-refractivity contribution in [1.82, 2.24) is 0 Å². The standard InChI is InChI=1S/C14H14N2/c1-11-5-4-7-12(9-11)14-8-3-2-6-13(14)10-16-15/h2-10H,15H2,1H3. The fraction of sp³-hybridized carbons (Fsp3) is 0.0714. The first-order valence-corrected chi connectivity index (χ1v) is 5.20. The predicted octanol–water partition coefficient (Wildman–Crippen LogP) is 2.95. The average molecular weight is 210 g/mol. The Morgan fingerprint density at radius 1 is 1.06 bits per heavy atom. The summed E-state index contributed by atoms with van der Waals surface area (Å²) in [6, 6.07) is 16.5. The highest BCUT2D eigenvalue weighted by atomic mass is 15.1. The summed E-state index contributed by atoms with van der Waals surface area (Å²) in [7, 11) is 0. The first kappa shape index (κ1) is 10.4. The van der Waals surface area contributed by atoms with Gasteiger partial charge in [-0.3, -0.25) is 0 Å². The summed E-state index contributed by atoms with van der Waals surface area (Å²) >= 11 is 0. The summed E-state index contributed by atoms with van der Waals surface area (Å²) in [5, 5.41) is 3.59. The highest BCUT2D eigenvalue weighted by Gasteiger charge is 2.02. The van der Waals surface area contributed by atoms with E-state index in [2.05, 4.69) is 42.4 Å². The van der Waals surface area contributed by atoms with Gasteiger partial charge in [0.1, 0.15) is 0 Å². The molecule has 0 saturated heterocycles. The van der Waals surface area contributed by atoms with Crippen molar-refractivity contribution in [2.45, 2.75) is 6.92 Å². The second-order valence-corrected chi connectivity index (χ2v) is 3.73. The van der Waals surface area contributed by atoms with Gasteiger partial charge >= 0.3 is 0 Å². The minimum atomic E-state index is 1.04. The van der Waals surface area contributed by atoms with Crippen molar-refractivity contribution in [3.05, 3.63) is 59.7 Å². The van der Waals surface area contributed by atoms with Gasteiger partial charge in [0.05, 0.1) is 6.21 Å². The van der Waals surface area contributed by atoms with E-state index in [1.54, 1.807) is 6.21 Å². The molecule has 2 rings (SSSR count). The van der Waals surface area contributed by atoms with Gasteiger partial charge in [0, 0.05) is 5.56 Å². The number of rotatable bonds is 2. The number of nitrogens with zero attached hydrogens (tertiary/aromatic N) is 1. The summed E-state index contributed by atoms with van der Waals surface area (Å²) in [6.45, 7) is 2.09. The molecule has 0 aliphatic carbocycles. The molecule has 2 nitrogen and oxygen atoms in total. The first-order valence-electron chi connectivity index (χ1n) is 5.20. The van der Waals surface area contributed by atoms with E-state index in [1.807, 2.05) is 18.2 Å². The van der Waals surface area contributed by atoms with Crippen molar-refractivity contribution in [2.75, 3.05) is 0 Å². The van der Waals surface area contributed by atoms with Crippen LogP contribution in [-0.2, 0) is 0 Å². The first-order chi connectivity index (χ1) is 7.81. The Morgan fingerprint density at radius 3 is 2.62 bits per heavy atom. The van der Waals surface area contributed by atoms with Crippen molar-refractivity contribution in [1.29, 1.82) is 0 Å². The van der Waals surface area contributed by atoms with Crippen molar-refractivity contribution in [3.63, 3.8) is 0 Å². The molecule has 0 heterocycles. The van der Waals surface area contributed by atoms with Gasteiger partial charge < -0.3 is 5.84 Å². The third-order valence-corrected chi connectivity index (χ3v) is 2.50. The molecule has 0 radical (unpaired) electrons. The molecule has 0 aliphatic heterocycles. The van der Waals surface area contributed by atoms with Gasteiger partial charge in [-0.15, -0.1) is 0 Å². The van der Waals surface area contributed by atoms with Crippen LogP contribution in [-0.4, -0.2) is 6.21 Å². The number of aryl methyl sites for hydroxylation is 1. The molecule has 0 amide bonds.